The Morgan fingerprint density at radius 1 is 1.07 bits per heavy atom. The molecule has 2 heterocycles. The molecular weight excluding hydrogens is 398 g/mol. The van der Waals surface area contributed by atoms with Crippen LogP contribution in [0.5, 0.6) is 0 Å². The van der Waals surface area contributed by atoms with Gasteiger partial charge >= 0.3 is 0 Å². The Morgan fingerprint density at radius 3 is 2.43 bits per heavy atom. The Morgan fingerprint density at radius 2 is 1.80 bits per heavy atom. The first-order chi connectivity index (χ1) is 14.7. The molecule has 2 aliphatic rings. The number of aromatic nitrogens is 3. The highest BCUT2D eigenvalue weighted by atomic mass is 32.1. The maximum absolute atomic E-state index is 13.6. The van der Waals surface area contributed by atoms with E-state index < -0.39 is 6.04 Å². The molecule has 2 aliphatic carbocycles. The fraction of sp³-hybridized carbons (Fsp3) is 0.591. The average Bonchev–Trinajstić information content (AvgIpc) is 3.34. The van der Waals surface area contributed by atoms with Crippen LogP contribution in [0.2, 0.25) is 0 Å². The third-order valence-electron chi connectivity index (χ3n) is 6.26. The molecular formula is C22H29N5O2S. The summed E-state index contributed by atoms with van der Waals surface area (Å²) in [5.41, 5.74) is 1.05. The fourth-order valence-electron chi connectivity index (χ4n) is 4.75. The number of carbonyl (C=O) groups is 2. The Hall–Kier alpha value is -2.35. The highest BCUT2D eigenvalue weighted by molar-refractivity contribution is 7.03. The summed E-state index contributed by atoms with van der Waals surface area (Å²) in [6.07, 6.45) is 14.0. The summed E-state index contributed by atoms with van der Waals surface area (Å²) in [5.74, 6) is -0.333. The summed E-state index contributed by atoms with van der Waals surface area (Å²) in [7, 11) is 0. The molecule has 2 aromatic rings. The second kappa shape index (κ2) is 10.1. The Bertz CT molecular complexity index is 817. The van der Waals surface area contributed by atoms with Gasteiger partial charge in [0.25, 0.3) is 5.91 Å². The minimum Gasteiger partial charge on any atom is -0.351 e. The van der Waals surface area contributed by atoms with Crippen molar-refractivity contribution in [1.82, 2.24) is 24.8 Å². The molecule has 2 fully saturated rings. The van der Waals surface area contributed by atoms with Crippen molar-refractivity contribution in [3.8, 4) is 0 Å². The van der Waals surface area contributed by atoms with Crippen LogP contribution in [0, 0.1) is 0 Å². The Labute approximate surface area is 181 Å². The lowest BCUT2D eigenvalue weighted by molar-refractivity contribution is -0.127. The zero-order valence-corrected chi connectivity index (χ0v) is 18.0. The van der Waals surface area contributed by atoms with Gasteiger partial charge in [0.15, 0.2) is 5.69 Å². The second-order valence-corrected chi connectivity index (χ2v) is 8.94. The number of hydrogen-bond acceptors (Lipinski definition) is 6. The van der Waals surface area contributed by atoms with Crippen LogP contribution in [0.3, 0.4) is 0 Å². The van der Waals surface area contributed by atoms with E-state index in [9.17, 15) is 9.59 Å². The normalized spacial score (nSPS) is 19.2. The third kappa shape index (κ3) is 4.86. The molecule has 2 saturated carbocycles. The predicted molar refractivity (Wildman–Crippen MR) is 115 cm³/mol. The van der Waals surface area contributed by atoms with E-state index in [1.807, 2.05) is 12.1 Å². The standard InChI is InChI=1S/C22H29N5O2S/c28-21(24-17-9-3-1-4-10-17)20(16-8-7-13-23-14-16)27(18-11-5-2-6-12-18)22(29)19-15-30-26-25-19/h7-8,13-15,17-18,20H,1-6,9-12H2,(H,24,28). The number of amides is 2. The van der Waals surface area contributed by atoms with E-state index in [1.54, 1.807) is 22.7 Å². The molecule has 2 amide bonds. The topological polar surface area (TPSA) is 88.1 Å². The predicted octanol–water partition coefficient (Wildman–Crippen LogP) is 3.90. The van der Waals surface area contributed by atoms with E-state index in [0.717, 1.165) is 68.5 Å². The van der Waals surface area contributed by atoms with Crippen molar-refractivity contribution in [2.45, 2.75) is 82.3 Å². The van der Waals surface area contributed by atoms with E-state index >= 15 is 0 Å². The first kappa shape index (κ1) is 20.9. The van der Waals surface area contributed by atoms with E-state index in [0.29, 0.717) is 5.69 Å². The van der Waals surface area contributed by atoms with Gasteiger partial charge in [0, 0.05) is 35.4 Å². The van der Waals surface area contributed by atoms with Crippen LogP contribution < -0.4 is 5.32 Å². The second-order valence-electron chi connectivity index (χ2n) is 8.33. The Kier molecular flexibility index (Phi) is 7.04. The molecule has 1 N–H and O–H groups in total. The fourth-order valence-corrected chi connectivity index (χ4v) is 5.18. The molecule has 1 atom stereocenters. The van der Waals surface area contributed by atoms with Gasteiger partial charge in [0.2, 0.25) is 5.91 Å². The smallest absolute Gasteiger partial charge is 0.276 e. The van der Waals surface area contributed by atoms with Crippen molar-refractivity contribution in [1.29, 1.82) is 0 Å². The first-order valence-electron chi connectivity index (χ1n) is 11.0. The van der Waals surface area contributed by atoms with Crippen LogP contribution in [0.1, 0.15) is 86.3 Å². The molecule has 0 aliphatic heterocycles. The number of hydrogen-bond donors (Lipinski definition) is 1. The number of nitrogens with zero attached hydrogens (tertiary/aromatic N) is 4. The highest BCUT2D eigenvalue weighted by Gasteiger charge is 2.39. The molecule has 0 saturated heterocycles. The number of pyridine rings is 1. The molecule has 8 heteroatoms. The van der Waals surface area contributed by atoms with Crippen molar-refractivity contribution in [3.05, 3.63) is 41.2 Å². The largest absolute Gasteiger partial charge is 0.351 e. The Balaban J connectivity index is 1.68. The third-order valence-corrected chi connectivity index (χ3v) is 6.76. The molecule has 160 valence electrons. The van der Waals surface area contributed by atoms with Crippen LogP contribution in [0.4, 0.5) is 0 Å². The molecule has 0 aromatic carbocycles. The van der Waals surface area contributed by atoms with Crippen LogP contribution >= 0.6 is 11.5 Å². The van der Waals surface area contributed by atoms with Gasteiger partial charge in [0.1, 0.15) is 6.04 Å². The van der Waals surface area contributed by atoms with Crippen molar-refractivity contribution in [3.63, 3.8) is 0 Å². The van der Waals surface area contributed by atoms with Crippen molar-refractivity contribution < 1.29 is 9.59 Å². The lowest BCUT2D eigenvalue weighted by Gasteiger charge is -2.39. The van der Waals surface area contributed by atoms with Crippen molar-refractivity contribution >= 4 is 23.3 Å². The summed E-state index contributed by atoms with van der Waals surface area (Å²) in [5, 5.41) is 8.92. The molecule has 1 unspecified atom stereocenters. The number of rotatable bonds is 6. The van der Waals surface area contributed by atoms with Gasteiger partial charge < -0.3 is 10.2 Å². The quantitative estimate of drug-likeness (QED) is 0.755. The van der Waals surface area contributed by atoms with Gasteiger partial charge in [-0.15, -0.1) is 5.10 Å². The van der Waals surface area contributed by atoms with Gasteiger partial charge in [-0.05, 0) is 43.3 Å². The van der Waals surface area contributed by atoms with Crippen LogP contribution in [0.15, 0.2) is 29.9 Å². The molecule has 0 spiro atoms. The summed E-state index contributed by atoms with van der Waals surface area (Å²) < 4.78 is 3.87. The molecule has 7 nitrogen and oxygen atoms in total. The zero-order chi connectivity index (χ0) is 20.8. The molecule has 4 rings (SSSR count). The van der Waals surface area contributed by atoms with E-state index in [1.165, 1.54) is 12.8 Å². The van der Waals surface area contributed by atoms with Crippen LogP contribution in [0.25, 0.3) is 0 Å². The molecule has 30 heavy (non-hydrogen) atoms. The average molecular weight is 428 g/mol. The minimum atomic E-state index is -0.710. The van der Waals surface area contributed by atoms with E-state index in [4.69, 9.17) is 0 Å². The SMILES string of the molecule is O=C(NC1CCCCC1)C(c1cccnc1)N(C(=O)c1csnn1)C1CCCCC1. The zero-order valence-electron chi connectivity index (χ0n) is 17.2. The summed E-state index contributed by atoms with van der Waals surface area (Å²) in [6.45, 7) is 0. The van der Waals surface area contributed by atoms with Gasteiger partial charge in [-0.2, -0.15) is 0 Å². The maximum atomic E-state index is 13.6. The number of nitrogens with one attached hydrogen (secondary N) is 1. The van der Waals surface area contributed by atoms with Gasteiger partial charge in [-0.25, -0.2) is 0 Å². The first-order valence-corrected chi connectivity index (χ1v) is 11.9. The van der Waals surface area contributed by atoms with Gasteiger partial charge in [-0.3, -0.25) is 14.6 Å². The lowest BCUT2D eigenvalue weighted by Crippen LogP contribution is -2.51. The van der Waals surface area contributed by atoms with Crippen LogP contribution in [-0.2, 0) is 4.79 Å². The maximum Gasteiger partial charge on any atom is 0.276 e. The summed E-state index contributed by atoms with van der Waals surface area (Å²) >= 11 is 1.15. The molecule has 0 radical (unpaired) electrons. The summed E-state index contributed by atoms with van der Waals surface area (Å²) in [6, 6.07) is 3.19. The van der Waals surface area contributed by atoms with E-state index in [2.05, 4.69) is 19.9 Å². The monoisotopic (exact) mass is 427 g/mol. The molecule has 2 aromatic heterocycles. The van der Waals surface area contributed by atoms with Crippen LogP contribution in [-0.4, -0.2) is 43.4 Å². The van der Waals surface area contributed by atoms with Gasteiger partial charge in [-0.1, -0.05) is 49.1 Å². The van der Waals surface area contributed by atoms with Gasteiger partial charge in [0.05, 0.1) is 0 Å². The van der Waals surface area contributed by atoms with Crippen molar-refractivity contribution in [2.24, 2.45) is 0 Å². The minimum absolute atomic E-state index is 0.00950. The number of carbonyl (C=O) groups excluding carboxylic acids is 2. The summed E-state index contributed by atoms with van der Waals surface area (Å²) in [4.78, 5) is 33.2. The molecule has 0 bridgehead atoms. The highest BCUT2D eigenvalue weighted by Crippen LogP contribution is 2.32. The lowest BCUT2D eigenvalue weighted by atomic mass is 9.91. The van der Waals surface area contributed by atoms with E-state index in [-0.39, 0.29) is 23.9 Å². The van der Waals surface area contributed by atoms with Crippen molar-refractivity contribution in [2.75, 3.05) is 0 Å².